The molecule has 2 aromatic rings. The Morgan fingerprint density at radius 2 is 1.57 bits per heavy atom. The number of hydrogen-bond acceptors (Lipinski definition) is 3. The summed E-state index contributed by atoms with van der Waals surface area (Å²) in [6.45, 7) is 2.45. The molecule has 0 fully saturated rings. The first kappa shape index (κ1) is 17.7. The molecular weight excluding hydrogens is 428 g/mol. The summed E-state index contributed by atoms with van der Waals surface area (Å²) >= 11 is 6.88. The van der Waals surface area contributed by atoms with E-state index in [1.54, 1.807) is 0 Å². The van der Waals surface area contributed by atoms with Crippen LogP contribution in [0.2, 0.25) is 0 Å². The normalized spacial score (nSPS) is 10.4. The molecule has 0 atom stereocenters. The highest BCUT2D eigenvalue weighted by Gasteiger charge is 2.13. The second-order valence-electron chi connectivity index (χ2n) is 4.80. The van der Waals surface area contributed by atoms with Gasteiger partial charge >= 0.3 is 5.97 Å². The van der Waals surface area contributed by atoms with Gasteiger partial charge in [0.2, 0.25) is 0 Å². The van der Waals surface area contributed by atoms with Crippen molar-refractivity contribution < 1.29 is 19.4 Å². The number of carboxylic acid groups (broad SMARTS) is 1. The highest BCUT2D eigenvalue weighted by atomic mass is 79.9. The van der Waals surface area contributed by atoms with Gasteiger partial charge in [0, 0.05) is 12.0 Å². The van der Waals surface area contributed by atoms with E-state index in [1.165, 1.54) is 24.3 Å². The highest BCUT2D eigenvalue weighted by Crippen LogP contribution is 2.35. The first-order valence-electron chi connectivity index (χ1n) is 6.89. The number of carbonyl (C=O) groups is 2. The maximum atomic E-state index is 12.3. The number of halogens is 2. The van der Waals surface area contributed by atoms with Crippen molar-refractivity contribution >= 4 is 43.6 Å². The average Bonchev–Trinajstić information content (AvgIpc) is 2.51. The standard InChI is InChI=1S/C17H14Br2O4/c1-2-23-16-13(18)7-10(8-14(16)19)9-15(20)11-3-5-12(6-4-11)17(21)22/h3-8H,2,9H2,1H3,(H,21,22). The molecule has 0 radical (unpaired) electrons. The van der Waals surface area contributed by atoms with Gasteiger partial charge in [0.1, 0.15) is 5.75 Å². The highest BCUT2D eigenvalue weighted by molar-refractivity contribution is 9.11. The molecule has 0 saturated heterocycles. The van der Waals surface area contributed by atoms with Crippen LogP contribution in [0.3, 0.4) is 0 Å². The maximum Gasteiger partial charge on any atom is 0.335 e. The third kappa shape index (κ3) is 4.42. The summed E-state index contributed by atoms with van der Waals surface area (Å²) in [5.41, 5.74) is 1.48. The Balaban J connectivity index is 2.18. The second kappa shape index (κ2) is 7.75. The van der Waals surface area contributed by atoms with Gasteiger partial charge in [-0.1, -0.05) is 12.1 Å². The lowest BCUT2D eigenvalue weighted by Crippen LogP contribution is -2.05. The van der Waals surface area contributed by atoms with Gasteiger partial charge in [-0.25, -0.2) is 4.79 Å². The fourth-order valence-corrected chi connectivity index (χ4v) is 3.59. The third-order valence-corrected chi connectivity index (χ3v) is 4.34. The van der Waals surface area contributed by atoms with Crippen molar-refractivity contribution in [1.29, 1.82) is 0 Å². The molecular formula is C17H14Br2O4. The van der Waals surface area contributed by atoms with Crippen LogP contribution in [-0.4, -0.2) is 23.5 Å². The minimum absolute atomic E-state index is 0.0788. The summed E-state index contributed by atoms with van der Waals surface area (Å²) < 4.78 is 7.06. The average molecular weight is 442 g/mol. The minimum Gasteiger partial charge on any atom is -0.492 e. The van der Waals surface area contributed by atoms with Crippen molar-refractivity contribution in [2.75, 3.05) is 6.61 Å². The maximum absolute atomic E-state index is 12.3. The lowest BCUT2D eigenvalue weighted by Gasteiger charge is -2.10. The number of hydrogen-bond donors (Lipinski definition) is 1. The van der Waals surface area contributed by atoms with Crippen LogP contribution in [0.4, 0.5) is 0 Å². The van der Waals surface area contributed by atoms with Crippen LogP contribution in [0, 0.1) is 0 Å². The van der Waals surface area contributed by atoms with Gasteiger partial charge in [-0.15, -0.1) is 0 Å². The number of ether oxygens (including phenoxy) is 1. The van der Waals surface area contributed by atoms with E-state index in [4.69, 9.17) is 9.84 Å². The van der Waals surface area contributed by atoms with Crippen molar-refractivity contribution in [3.63, 3.8) is 0 Å². The van der Waals surface area contributed by atoms with E-state index < -0.39 is 5.97 Å². The van der Waals surface area contributed by atoms with E-state index >= 15 is 0 Å². The smallest absolute Gasteiger partial charge is 0.335 e. The molecule has 120 valence electrons. The Bertz CT molecular complexity index is 716. The van der Waals surface area contributed by atoms with Gasteiger partial charge in [0.05, 0.1) is 21.1 Å². The summed E-state index contributed by atoms with van der Waals surface area (Å²) in [5.74, 6) is -0.386. The number of benzene rings is 2. The molecule has 2 rings (SSSR count). The molecule has 0 spiro atoms. The Morgan fingerprint density at radius 3 is 2.04 bits per heavy atom. The van der Waals surface area contributed by atoms with E-state index in [2.05, 4.69) is 31.9 Å². The Kier molecular flexibility index (Phi) is 5.96. The number of carboxylic acids is 1. The van der Waals surface area contributed by atoms with Crippen LogP contribution < -0.4 is 4.74 Å². The first-order valence-corrected chi connectivity index (χ1v) is 8.48. The first-order chi connectivity index (χ1) is 10.9. The van der Waals surface area contributed by atoms with E-state index in [-0.39, 0.29) is 17.8 Å². The zero-order valence-electron chi connectivity index (χ0n) is 12.3. The van der Waals surface area contributed by atoms with E-state index in [0.717, 1.165) is 14.5 Å². The number of ketones is 1. The van der Waals surface area contributed by atoms with Gasteiger partial charge in [0.25, 0.3) is 0 Å². The summed E-state index contributed by atoms with van der Waals surface area (Å²) in [5, 5.41) is 8.87. The Labute approximate surface area is 150 Å². The molecule has 23 heavy (non-hydrogen) atoms. The number of carbonyl (C=O) groups excluding carboxylic acids is 1. The quantitative estimate of drug-likeness (QED) is 0.658. The molecule has 0 aliphatic carbocycles. The van der Waals surface area contributed by atoms with Crippen LogP contribution in [0.15, 0.2) is 45.3 Å². The van der Waals surface area contributed by atoms with E-state index in [1.807, 2.05) is 19.1 Å². The van der Waals surface area contributed by atoms with Crippen LogP contribution in [-0.2, 0) is 6.42 Å². The molecule has 0 aliphatic heterocycles. The molecule has 0 amide bonds. The fraction of sp³-hybridized carbons (Fsp3) is 0.176. The molecule has 2 aromatic carbocycles. The Morgan fingerprint density at radius 1 is 1.04 bits per heavy atom. The molecule has 0 unspecified atom stereocenters. The van der Waals surface area contributed by atoms with Crippen molar-refractivity contribution in [2.45, 2.75) is 13.3 Å². The molecule has 0 aliphatic rings. The summed E-state index contributed by atoms with van der Waals surface area (Å²) in [6.07, 6.45) is 0.218. The summed E-state index contributed by atoms with van der Waals surface area (Å²) in [6, 6.07) is 9.62. The molecule has 0 bridgehead atoms. The van der Waals surface area contributed by atoms with Gasteiger partial charge in [-0.2, -0.15) is 0 Å². The molecule has 6 heteroatoms. The lowest BCUT2D eigenvalue weighted by molar-refractivity contribution is 0.0696. The second-order valence-corrected chi connectivity index (χ2v) is 6.51. The predicted octanol–water partition coefficient (Wildman–Crippen LogP) is 4.73. The topological polar surface area (TPSA) is 63.6 Å². The number of rotatable bonds is 6. The monoisotopic (exact) mass is 440 g/mol. The molecule has 1 N–H and O–H groups in total. The zero-order valence-corrected chi connectivity index (χ0v) is 15.5. The SMILES string of the molecule is CCOc1c(Br)cc(CC(=O)c2ccc(C(=O)O)cc2)cc1Br. The molecule has 0 saturated carbocycles. The zero-order chi connectivity index (χ0) is 17.0. The van der Waals surface area contributed by atoms with Crippen molar-refractivity contribution in [3.05, 3.63) is 62.0 Å². The summed E-state index contributed by atoms with van der Waals surface area (Å²) in [7, 11) is 0. The van der Waals surface area contributed by atoms with E-state index in [9.17, 15) is 9.59 Å². The molecule has 0 aromatic heterocycles. The predicted molar refractivity (Wildman–Crippen MR) is 94.4 cm³/mol. The number of aromatic carboxylic acids is 1. The fourth-order valence-electron chi connectivity index (χ4n) is 2.08. The number of Topliss-reactive ketones (excluding diaryl/α,β-unsaturated/α-hetero) is 1. The third-order valence-electron chi connectivity index (χ3n) is 3.17. The van der Waals surface area contributed by atoms with Crippen LogP contribution in [0.25, 0.3) is 0 Å². The molecule has 0 heterocycles. The van der Waals surface area contributed by atoms with E-state index in [0.29, 0.717) is 17.9 Å². The molecule has 4 nitrogen and oxygen atoms in total. The van der Waals surface area contributed by atoms with Crippen molar-refractivity contribution in [2.24, 2.45) is 0 Å². The summed E-state index contributed by atoms with van der Waals surface area (Å²) in [4.78, 5) is 23.1. The van der Waals surface area contributed by atoms with Gasteiger partial charge in [-0.3, -0.25) is 4.79 Å². The lowest BCUT2D eigenvalue weighted by atomic mass is 10.0. The van der Waals surface area contributed by atoms with Crippen molar-refractivity contribution in [1.82, 2.24) is 0 Å². The van der Waals surface area contributed by atoms with Gasteiger partial charge in [-0.05, 0) is 68.6 Å². The Hall–Kier alpha value is -1.66. The van der Waals surface area contributed by atoms with Crippen LogP contribution in [0.1, 0.15) is 33.2 Å². The van der Waals surface area contributed by atoms with Gasteiger partial charge in [0.15, 0.2) is 5.78 Å². The van der Waals surface area contributed by atoms with Crippen LogP contribution in [0.5, 0.6) is 5.75 Å². The minimum atomic E-state index is -1.01. The van der Waals surface area contributed by atoms with Gasteiger partial charge < -0.3 is 9.84 Å². The van der Waals surface area contributed by atoms with Crippen LogP contribution >= 0.6 is 31.9 Å². The van der Waals surface area contributed by atoms with Crippen molar-refractivity contribution in [3.8, 4) is 5.75 Å². The largest absolute Gasteiger partial charge is 0.492 e.